The zero-order chi connectivity index (χ0) is 18.3. The lowest BCUT2D eigenvalue weighted by Gasteiger charge is -2.37. The molecule has 1 aromatic carbocycles. The van der Waals surface area contributed by atoms with Crippen LogP contribution < -0.4 is 0 Å². The van der Waals surface area contributed by atoms with Gasteiger partial charge in [-0.1, -0.05) is 37.3 Å². The van der Waals surface area contributed by atoms with Gasteiger partial charge in [-0.15, -0.1) is 5.10 Å². The molecule has 2 atom stereocenters. The van der Waals surface area contributed by atoms with E-state index in [0.29, 0.717) is 16.7 Å². The minimum absolute atomic E-state index is 0.115. The maximum absolute atomic E-state index is 13.9. The minimum Gasteiger partial charge on any atom is -0.492 e. The SMILES string of the molecule is CCc1nc2sc([C@@H](c3cccc(F)c3)N3CCC[C@H](C)C3)c(O)n2n1. The summed E-state index contributed by atoms with van der Waals surface area (Å²) in [5, 5.41) is 15.2. The number of likely N-dealkylation sites (tertiary alicyclic amines) is 1. The Balaban J connectivity index is 1.82. The quantitative estimate of drug-likeness (QED) is 0.749. The third kappa shape index (κ3) is 3.10. The van der Waals surface area contributed by atoms with Gasteiger partial charge < -0.3 is 5.11 Å². The summed E-state index contributed by atoms with van der Waals surface area (Å²) in [4.78, 5) is 8.29. The molecular weight excluding hydrogens is 351 g/mol. The molecule has 1 aliphatic heterocycles. The summed E-state index contributed by atoms with van der Waals surface area (Å²) >= 11 is 1.44. The predicted octanol–water partition coefficient (Wildman–Crippen LogP) is 4.02. The Morgan fingerprint density at radius 3 is 2.96 bits per heavy atom. The average Bonchev–Trinajstić information content (AvgIpc) is 3.15. The number of aryl methyl sites for hydroxylation is 1. The second kappa shape index (κ2) is 6.96. The van der Waals surface area contributed by atoms with Crippen LogP contribution in [0.4, 0.5) is 4.39 Å². The molecule has 26 heavy (non-hydrogen) atoms. The van der Waals surface area contributed by atoms with Crippen molar-refractivity contribution in [2.45, 2.75) is 39.2 Å². The van der Waals surface area contributed by atoms with Crippen molar-refractivity contribution >= 4 is 16.3 Å². The topological polar surface area (TPSA) is 53.7 Å². The molecule has 4 rings (SSSR count). The van der Waals surface area contributed by atoms with E-state index in [1.165, 1.54) is 28.3 Å². The molecule has 1 saturated heterocycles. The van der Waals surface area contributed by atoms with E-state index in [0.717, 1.165) is 36.4 Å². The molecule has 0 aliphatic carbocycles. The van der Waals surface area contributed by atoms with Crippen LogP contribution in [0.2, 0.25) is 0 Å². The normalized spacial score (nSPS) is 19.9. The lowest BCUT2D eigenvalue weighted by molar-refractivity contribution is 0.149. The van der Waals surface area contributed by atoms with Gasteiger partial charge in [0.05, 0.1) is 10.9 Å². The first kappa shape index (κ1) is 17.4. The van der Waals surface area contributed by atoms with Gasteiger partial charge in [0.2, 0.25) is 10.8 Å². The van der Waals surface area contributed by atoms with Crippen LogP contribution in [0.1, 0.15) is 49.0 Å². The van der Waals surface area contributed by atoms with Crippen LogP contribution in [-0.4, -0.2) is 37.7 Å². The lowest BCUT2D eigenvalue weighted by atomic mass is 9.95. The number of fused-ring (bicyclic) bond motifs is 1. The number of nitrogens with zero attached hydrogens (tertiary/aromatic N) is 4. The summed E-state index contributed by atoms with van der Waals surface area (Å²) in [6.07, 6.45) is 3.03. The minimum atomic E-state index is -0.259. The van der Waals surface area contributed by atoms with Crippen LogP contribution in [-0.2, 0) is 6.42 Å². The van der Waals surface area contributed by atoms with Crippen molar-refractivity contribution in [3.8, 4) is 5.88 Å². The molecule has 0 spiro atoms. The Morgan fingerprint density at radius 1 is 1.42 bits per heavy atom. The number of halogens is 1. The van der Waals surface area contributed by atoms with Crippen LogP contribution in [0.15, 0.2) is 24.3 Å². The highest BCUT2D eigenvalue weighted by molar-refractivity contribution is 7.17. The van der Waals surface area contributed by atoms with Crippen LogP contribution >= 0.6 is 11.3 Å². The highest BCUT2D eigenvalue weighted by Crippen LogP contribution is 2.41. The van der Waals surface area contributed by atoms with E-state index < -0.39 is 0 Å². The first-order valence-electron chi connectivity index (χ1n) is 9.13. The zero-order valence-corrected chi connectivity index (χ0v) is 15.8. The second-order valence-corrected chi connectivity index (χ2v) is 8.07. The molecule has 7 heteroatoms. The van der Waals surface area contributed by atoms with E-state index in [1.807, 2.05) is 13.0 Å². The second-order valence-electron chi connectivity index (χ2n) is 7.07. The number of thiazole rings is 1. The molecular formula is C19H23FN4OS. The summed E-state index contributed by atoms with van der Waals surface area (Å²) in [7, 11) is 0. The van der Waals surface area contributed by atoms with Crippen molar-refractivity contribution in [2.24, 2.45) is 5.92 Å². The highest BCUT2D eigenvalue weighted by atomic mass is 32.1. The smallest absolute Gasteiger partial charge is 0.230 e. The summed E-state index contributed by atoms with van der Waals surface area (Å²) in [6.45, 7) is 6.08. The van der Waals surface area contributed by atoms with Crippen molar-refractivity contribution in [2.75, 3.05) is 13.1 Å². The predicted molar refractivity (Wildman–Crippen MR) is 100 cm³/mol. The van der Waals surface area contributed by atoms with E-state index in [-0.39, 0.29) is 17.7 Å². The largest absolute Gasteiger partial charge is 0.492 e. The molecule has 1 aliphatic rings. The molecule has 0 saturated carbocycles. The molecule has 1 N–H and O–H groups in total. The molecule has 0 radical (unpaired) electrons. The molecule has 2 aromatic heterocycles. The van der Waals surface area contributed by atoms with Gasteiger partial charge >= 0.3 is 0 Å². The van der Waals surface area contributed by atoms with E-state index in [4.69, 9.17) is 0 Å². The number of rotatable bonds is 4. The number of hydrogen-bond donors (Lipinski definition) is 1. The molecule has 1 fully saturated rings. The molecule has 0 amide bonds. The van der Waals surface area contributed by atoms with E-state index in [9.17, 15) is 9.50 Å². The van der Waals surface area contributed by atoms with Crippen molar-refractivity contribution < 1.29 is 9.50 Å². The number of aromatic hydroxyl groups is 1. The van der Waals surface area contributed by atoms with Crippen LogP contribution in [0.5, 0.6) is 5.88 Å². The molecule has 138 valence electrons. The summed E-state index contributed by atoms with van der Waals surface area (Å²) < 4.78 is 15.4. The first-order chi connectivity index (χ1) is 12.6. The number of aromatic nitrogens is 3. The Morgan fingerprint density at radius 2 is 2.27 bits per heavy atom. The van der Waals surface area contributed by atoms with Gasteiger partial charge in [0.1, 0.15) is 5.82 Å². The van der Waals surface area contributed by atoms with Gasteiger partial charge in [0.15, 0.2) is 5.82 Å². The first-order valence-corrected chi connectivity index (χ1v) is 9.95. The van der Waals surface area contributed by atoms with E-state index >= 15 is 0 Å². The Labute approximate surface area is 156 Å². The van der Waals surface area contributed by atoms with Crippen LogP contribution in [0.3, 0.4) is 0 Å². The van der Waals surface area contributed by atoms with Crippen molar-refractivity contribution in [1.82, 2.24) is 19.5 Å². The molecule has 0 bridgehead atoms. The molecule has 5 nitrogen and oxygen atoms in total. The Hall–Kier alpha value is -1.99. The highest BCUT2D eigenvalue weighted by Gasteiger charge is 2.32. The number of benzene rings is 1. The van der Waals surface area contributed by atoms with Gasteiger partial charge in [0, 0.05) is 13.0 Å². The fourth-order valence-corrected chi connectivity index (χ4v) is 4.92. The van der Waals surface area contributed by atoms with Gasteiger partial charge in [-0.2, -0.15) is 4.52 Å². The number of hydrogen-bond acceptors (Lipinski definition) is 5. The third-order valence-corrected chi connectivity index (χ3v) is 6.10. The third-order valence-electron chi connectivity index (χ3n) is 5.03. The van der Waals surface area contributed by atoms with Crippen molar-refractivity contribution in [1.29, 1.82) is 0 Å². The molecule has 0 unspecified atom stereocenters. The zero-order valence-electron chi connectivity index (χ0n) is 15.0. The van der Waals surface area contributed by atoms with E-state index in [1.54, 1.807) is 12.1 Å². The Bertz CT molecular complexity index is 922. The molecule has 3 aromatic rings. The van der Waals surface area contributed by atoms with Crippen LogP contribution in [0.25, 0.3) is 4.96 Å². The van der Waals surface area contributed by atoms with Gasteiger partial charge in [-0.05, 0) is 43.0 Å². The van der Waals surface area contributed by atoms with Crippen molar-refractivity contribution in [3.05, 3.63) is 46.3 Å². The summed E-state index contributed by atoms with van der Waals surface area (Å²) in [5.74, 6) is 1.15. The fraction of sp³-hybridized carbons (Fsp3) is 0.474. The maximum Gasteiger partial charge on any atom is 0.230 e. The van der Waals surface area contributed by atoms with Gasteiger partial charge in [0.25, 0.3) is 0 Å². The fourth-order valence-electron chi connectivity index (χ4n) is 3.78. The standard InChI is InChI=1S/C19H23FN4OS/c1-3-15-21-19-24(22-15)18(25)17(26-19)16(13-7-4-8-14(20)10-13)23-9-5-6-12(2)11-23/h4,7-8,10,12,16,25H,3,5-6,9,11H2,1-2H3/t12-,16+/m0/s1. The summed E-state index contributed by atoms with van der Waals surface area (Å²) in [6, 6.07) is 6.49. The van der Waals surface area contributed by atoms with Gasteiger partial charge in [-0.25, -0.2) is 9.37 Å². The van der Waals surface area contributed by atoms with E-state index in [2.05, 4.69) is 21.9 Å². The summed E-state index contributed by atoms with van der Waals surface area (Å²) in [5.41, 5.74) is 0.856. The molecule has 3 heterocycles. The maximum atomic E-state index is 13.9. The van der Waals surface area contributed by atoms with Gasteiger partial charge in [-0.3, -0.25) is 4.90 Å². The lowest BCUT2D eigenvalue weighted by Crippen LogP contribution is -2.37. The van der Waals surface area contributed by atoms with Crippen LogP contribution in [0, 0.1) is 11.7 Å². The average molecular weight is 374 g/mol. The Kier molecular flexibility index (Phi) is 4.67. The number of piperidine rings is 1. The van der Waals surface area contributed by atoms with Crippen molar-refractivity contribution in [3.63, 3.8) is 0 Å². The monoisotopic (exact) mass is 374 g/mol.